The molecule has 0 spiro atoms. The van der Waals surface area contributed by atoms with Gasteiger partial charge in [-0.1, -0.05) is 45.4 Å². The van der Waals surface area contributed by atoms with Gasteiger partial charge in [0.05, 0.1) is 0 Å². The summed E-state index contributed by atoms with van der Waals surface area (Å²) in [5, 5.41) is 0. The molecule has 0 amide bonds. The summed E-state index contributed by atoms with van der Waals surface area (Å²) in [5.41, 5.74) is 6.20. The SMILES string of the molecule is CCCCCCCCC(N)CC1CCOCC1. The van der Waals surface area contributed by atoms with E-state index >= 15 is 0 Å². The van der Waals surface area contributed by atoms with Crippen molar-refractivity contribution in [3.05, 3.63) is 0 Å². The molecule has 1 unspecified atom stereocenters. The van der Waals surface area contributed by atoms with E-state index in [2.05, 4.69) is 6.92 Å². The smallest absolute Gasteiger partial charge is 0.0468 e. The van der Waals surface area contributed by atoms with E-state index in [9.17, 15) is 0 Å². The molecule has 1 aliphatic heterocycles. The lowest BCUT2D eigenvalue weighted by Crippen LogP contribution is -2.26. The van der Waals surface area contributed by atoms with Gasteiger partial charge in [0.15, 0.2) is 0 Å². The average molecular weight is 241 g/mol. The lowest BCUT2D eigenvalue weighted by atomic mass is 9.91. The Morgan fingerprint density at radius 1 is 1.06 bits per heavy atom. The minimum Gasteiger partial charge on any atom is -0.381 e. The lowest BCUT2D eigenvalue weighted by molar-refractivity contribution is 0.0615. The van der Waals surface area contributed by atoms with Gasteiger partial charge < -0.3 is 10.5 Å². The highest BCUT2D eigenvalue weighted by molar-refractivity contribution is 4.71. The van der Waals surface area contributed by atoms with Crippen LogP contribution in [0.4, 0.5) is 0 Å². The predicted octanol–water partition coefficient (Wildman–Crippen LogP) is 3.88. The molecule has 1 fully saturated rings. The largest absolute Gasteiger partial charge is 0.381 e. The molecule has 2 N–H and O–H groups in total. The van der Waals surface area contributed by atoms with Gasteiger partial charge in [-0.25, -0.2) is 0 Å². The third kappa shape index (κ3) is 7.77. The Labute approximate surface area is 107 Å². The molecule has 0 aromatic rings. The van der Waals surface area contributed by atoms with Crippen LogP contribution in [0.25, 0.3) is 0 Å². The van der Waals surface area contributed by atoms with Crippen LogP contribution in [0.2, 0.25) is 0 Å². The van der Waals surface area contributed by atoms with Gasteiger partial charge in [0.2, 0.25) is 0 Å². The van der Waals surface area contributed by atoms with Crippen molar-refractivity contribution in [1.82, 2.24) is 0 Å². The molecule has 0 saturated carbocycles. The van der Waals surface area contributed by atoms with Crippen molar-refractivity contribution >= 4 is 0 Å². The molecule has 1 saturated heterocycles. The van der Waals surface area contributed by atoms with Crippen LogP contribution in [0.15, 0.2) is 0 Å². The molecule has 0 bridgehead atoms. The Morgan fingerprint density at radius 3 is 2.41 bits per heavy atom. The molecule has 1 heterocycles. The molecular weight excluding hydrogens is 210 g/mol. The minimum absolute atomic E-state index is 0.435. The van der Waals surface area contributed by atoms with Crippen molar-refractivity contribution in [2.75, 3.05) is 13.2 Å². The minimum atomic E-state index is 0.435. The Balaban J connectivity index is 1.91. The number of nitrogens with two attached hydrogens (primary N) is 1. The Bertz CT molecular complexity index is 166. The van der Waals surface area contributed by atoms with Gasteiger partial charge in [0, 0.05) is 19.3 Å². The van der Waals surface area contributed by atoms with Crippen molar-refractivity contribution in [2.45, 2.75) is 77.2 Å². The standard InChI is InChI=1S/C15H31NO/c1-2-3-4-5-6-7-8-15(16)13-14-9-11-17-12-10-14/h14-15H,2-13,16H2,1H3. The van der Waals surface area contributed by atoms with Crippen molar-refractivity contribution in [1.29, 1.82) is 0 Å². The highest BCUT2D eigenvalue weighted by atomic mass is 16.5. The summed E-state index contributed by atoms with van der Waals surface area (Å²) in [6.07, 6.45) is 13.1. The topological polar surface area (TPSA) is 35.2 Å². The molecule has 1 aliphatic rings. The zero-order valence-electron chi connectivity index (χ0n) is 11.6. The van der Waals surface area contributed by atoms with Crippen molar-refractivity contribution in [3.8, 4) is 0 Å². The summed E-state index contributed by atoms with van der Waals surface area (Å²) in [6.45, 7) is 4.17. The number of rotatable bonds is 9. The highest BCUT2D eigenvalue weighted by Gasteiger charge is 2.16. The maximum Gasteiger partial charge on any atom is 0.0468 e. The van der Waals surface area contributed by atoms with Crippen molar-refractivity contribution in [3.63, 3.8) is 0 Å². The van der Waals surface area contributed by atoms with Crippen LogP contribution in [0.1, 0.15) is 71.1 Å². The second-order valence-electron chi connectivity index (χ2n) is 5.61. The maximum absolute atomic E-state index is 6.20. The van der Waals surface area contributed by atoms with E-state index < -0.39 is 0 Å². The fourth-order valence-corrected chi connectivity index (χ4v) is 2.71. The molecule has 0 aromatic heterocycles. The van der Waals surface area contributed by atoms with Crippen LogP contribution in [0.5, 0.6) is 0 Å². The zero-order valence-corrected chi connectivity index (χ0v) is 11.6. The normalized spacial score (nSPS) is 19.4. The van der Waals surface area contributed by atoms with Gasteiger partial charge in [-0.15, -0.1) is 0 Å². The van der Waals surface area contributed by atoms with Gasteiger partial charge in [-0.2, -0.15) is 0 Å². The van der Waals surface area contributed by atoms with E-state index in [1.54, 1.807) is 0 Å². The Morgan fingerprint density at radius 2 is 1.71 bits per heavy atom. The van der Waals surface area contributed by atoms with E-state index in [4.69, 9.17) is 10.5 Å². The first-order valence-corrected chi connectivity index (χ1v) is 7.66. The van der Waals surface area contributed by atoms with Crippen LogP contribution < -0.4 is 5.73 Å². The number of hydrogen-bond acceptors (Lipinski definition) is 2. The average Bonchev–Trinajstić information content (AvgIpc) is 2.35. The van der Waals surface area contributed by atoms with Crippen LogP contribution in [0, 0.1) is 5.92 Å². The summed E-state index contributed by atoms with van der Waals surface area (Å²) in [6, 6.07) is 0.435. The van der Waals surface area contributed by atoms with Gasteiger partial charge >= 0.3 is 0 Å². The van der Waals surface area contributed by atoms with E-state index in [-0.39, 0.29) is 0 Å². The number of unbranched alkanes of at least 4 members (excludes halogenated alkanes) is 5. The van der Waals surface area contributed by atoms with Gasteiger partial charge in [-0.05, 0) is 31.6 Å². The third-order valence-electron chi connectivity index (χ3n) is 3.91. The van der Waals surface area contributed by atoms with Gasteiger partial charge in [0.25, 0.3) is 0 Å². The third-order valence-corrected chi connectivity index (χ3v) is 3.91. The van der Waals surface area contributed by atoms with E-state index in [1.165, 1.54) is 64.2 Å². The van der Waals surface area contributed by atoms with Crippen LogP contribution in [-0.4, -0.2) is 19.3 Å². The molecule has 2 nitrogen and oxygen atoms in total. The summed E-state index contributed by atoms with van der Waals surface area (Å²) >= 11 is 0. The molecule has 1 atom stereocenters. The first kappa shape index (κ1) is 15.0. The lowest BCUT2D eigenvalue weighted by Gasteiger charge is -2.24. The second kappa shape index (κ2) is 9.90. The quantitative estimate of drug-likeness (QED) is 0.622. The molecule has 0 radical (unpaired) electrons. The molecule has 17 heavy (non-hydrogen) atoms. The molecule has 102 valence electrons. The van der Waals surface area contributed by atoms with Crippen LogP contribution in [0.3, 0.4) is 0 Å². The zero-order chi connectivity index (χ0) is 12.3. The molecule has 0 aromatic carbocycles. The van der Waals surface area contributed by atoms with E-state index in [1.807, 2.05) is 0 Å². The van der Waals surface area contributed by atoms with E-state index in [0.29, 0.717) is 6.04 Å². The Kier molecular flexibility index (Phi) is 8.72. The fourth-order valence-electron chi connectivity index (χ4n) is 2.71. The highest BCUT2D eigenvalue weighted by Crippen LogP contribution is 2.21. The summed E-state index contributed by atoms with van der Waals surface area (Å²) in [5.74, 6) is 0.832. The van der Waals surface area contributed by atoms with Crippen LogP contribution >= 0.6 is 0 Å². The molecule has 2 heteroatoms. The van der Waals surface area contributed by atoms with E-state index in [0.717, 1.165) is 19.1 Å². The summed E-state index contributed by atoms with van der Waals surface area (Å²) in [7, 11) is 0. The fraction of sp³-hybridized carbons (Fsp3) is 1.00. The first-order valence-electron chi connectivity index (χ1n) is 7.66. The summed E-state index contributed by atoms with van der Waals surface area (Å²) in [4.78, 5) is 0. The maximum atomic E-state index is 6.20. The monoisotopic (exact) mass is 241 g/mol. The second-order valence-corrected chi connectivity index (χ2v) is 5.61. The molecular formula is C15H31NO. The Hall–Kier alpha value is -0.0800. The first-order chi connectivity index (χ1) is 8.33. The van der Waals surface area contributed by atoms with Crippen molar-refractivity contribution < 1.29 is 4.74 Å². The molecule has 0 aliphatic carbocycles. The number of hydrogen-bond donors (Lipinski definition) is 1. The van der Waals surface area contributed by atoms with Gasteiger partial charge in [0.1, 0.15) is 0 Å². The number of ether oxygens (including phenoxy) is 1. The molecule has 1 rings (SSSR count). The summed E-state index contributed by atoms with van der Waals surface area (Å²) < 4.78 is 5.38. The van der Waals surface area contributed by atoms with Crippen molar-refractivity contribution in [2.24, 2.45) is 11.7 Å². The predicted molar refractivity (Wildman–Crippen MR) is 74.1 cm³/mol. The van der Waals surface area contributed by atoms with Gasteiger partial charge in [-0.3, -0.25) is 0 Å². The van der Waals surface area contributed by atoms with Crippen LogP contribution in [-0.2, 0) is 4.74 Å².